The first-order valence-electron chi connectivity index (χ1n) is 8.35. The van der Waals surface area contributed by atoms with Gasteiger partial charge in [-0.3, -0.25) is 4.79 Å². The number of carbonyl (C=O) groups is 1. The minimum Gasteiger partial charge on any atom is -0.494 e. The van der Waals surface area contributed by atoms with Crippen molar-refractivity contribution in [3.8, 4) is 17.1 Å². The van der Waals surface area contributed by atoms with Crippen LogP contribution in [0.25, 0.3) is 11.4 Å². The zero-order valence-corrected chi connectivity index (χ0v) is 15.8. The summed E-state index contributed by atoms with van der Waals surface area (Å²) < 4.78 is 20.4. The van der Waals surface area contributed by atoms with E-state index in [-0.39, 0.29) is 11.6 Å². The number of ketones is 1. The van der Waals surface area contributed by atoms with E-state index in [4.69, 9.17) is 10.6 Å². The number of thioether (sulfide) groups is 1. The number of Topliss-reactive ketones (excluding diaryl/α,β-unsaturated/α-hetero) is 1. The summed E-state index contributed by atoms with van der Waals surface area (Å²) in [5, 5.41) is 8.63. The molecule has 0 aliphatic rings. The SMILES string of the molecule is CCOc1ccc(C(C)=O)cc1CSc1nnc(-c2cccc(F)c2)n1N. The van der Waals surface area contributed by atoms with Crippen LogP contribution in [0.3, 0.4) is 0 Å². The van der Waals surface area contributed by atoms with Crippen LogP contribution in [0.2, 0.25) is 0 Å². The van der Waals surface area contributed by atoms with Crippen molar-refractivity contribution >= 4 is 17.5 Å². The Hall–Kier alpha value is -2.87. The van der Waals surface area contributed by atoms with Crippen LogP contribution < -0.4 is 10.6 Å². The first-order chi connectivity index (χ1) is 13.0. The molecule has 2 aromatic carbocycles. The topological polar surface area (TPSA) is 83.0 Å². The molecule has 3 rings (SSSR count). The molecule has 1 aromatic heterocycles. The molecule has 0 saturated heterocycles. The zero-order valence-electron chi connectivity index (χ0n) is 15.0. The lowest BCUT2D eigenvalue weighted by molar-refractivity contribution is 0.101. The summed E-state index contributed by atoms with van der Waals surface area (Å²) in [7, 11) is 0. The molecule has 140 valence electrons. The van der Waals surface area contributed by atoms with Crippen LogP contribution in [0, 0.1) is 5.82 Å². The second kappa shape index (κ2) is 8.22. The highest BCUT2D eigenvalue weighted by Crippen LogP contribution is 2.29. The fourth-order valence-corrected chi connectivity index (χ4v) is 3.38. The molecule has 0 fully saturated rings. The number of aromatic nitrogens is 3. The molecule has 8 heteroatoms. The van der Waals surface area contributed by atoms with E-state index in [1.165, 1.54) is 35.5 Å². The molecule has 3 aromatic rings. The number of ether oxygens (including phenoxy) is 1. The molecule has 0 amide bonds. The van der Waals surface area contributed by atoms with E-state index in [0.717, 1.165) is 5.56 Å². The molecule has 1 heterocycles. The summed E-state index contributed by atoms with van der Waals surface area (Å²) in [6.45, 7) is 3.94. The predicted octanol–water partition coefficient (Wildman–Crippen LogP) is 3.69. The molecular formula is C19H19FN4O2S. The minimum atomic E-state index is -0.368. The van der Waals surface area contributed by atoms with Crippen molar-refractivity contribution in [1.82, 2.24) is 14.9 Å². The van der Waals surface area contributed by atoms with E-state index in [0.29, 0.717) is 40.2 Å². The summed E-state index contributed by atoms with van der Waals surface area (Å²) in [6.07, 6.45) is 0. The van der Waals surface area contributed by atoms with Gasteiger partial charge in [0.2, 0.25) is 5.16 Å². The van der Waals surface area contributed by atoms with Crippen molar-refractivity contribution < 1.29 is 13.9 Å². The smallest absolute Gasteiger partial charge is 0.210 e. The van der Waals surface area contributed by atoms with Crippen LogP contribution in [0.5, 0.6) is 5.75 Å². The van der Waals surface area contributed by atoms with E-state index in [9.17, 15) is 9.18 Å². The van der Waals surface area contributed by atoms with E-state index in [2.05, 4.69) is 10.2 Å². The lowest BCUT2D eigenvalue weighted by Crippen LogP contribution is -2.11. The van der Waals surface area contributed by atoms with Crippen molar-refractivity contribution in [3.63, 3.8) is 0 Å². The van der Waals surface area contributed by atoms with Crippen LogP contribution in [0.15, 0.2) is 47.6 Å². The van der Waals surface area contributed by atoms with E-state index in [1.807, 2.05) is 13.0 Å². The van der Waals surface area contributed by atoms with Gasteiger partial charge in [-0.15, -0.1) is 10.2 Å². The van der Waals surface area contributed by atoms with Crippen LogP contribution >= 0.6 is 11.8 Å². The quantitative estimate of drug-likeness (QED) is 0.379. The van der Waals surface area contributed by atoms with Crippen LogP contribution in [-0.2, 0) is 5.75 Å². The molecule has 2 N–H and O–H groups in total. The summed E-state index contributed by atoms with van der Waals surface area (Å²) >= 11 is 1.36. The molecule has 0 spiro atoms. The first-order valence-corrected chi connectivity index (χ1v) is 9.34. The average Bonchev–Trinajstić information content (AvgIpc) is 3.01. The van der Waals surface area contributed by atoms with Crippen molar-refractivity contribution in [2.24, 2.45) is 0 Å². The van der Waals surface area contributed by atoms with Crippen molar-refractivity contribution in [3.05, 3.63) is 59.4 Å². The molecule has 0 radical (unpaired) electrons. The third kappa shape index (κ3) is 4.28. The summed E-state index contributed by atoms with van der Waals surface area (Å²) in [6, 6.07) is 11.4. The normalized spacial score (nSPS) is 10.8. The van der Waals surface area contributed by atoms with Gasteiger partial charge in [0, 0.05) is 22.4 Å². The van der Waals surface area contributed by atoms with E-state index >= 15 is 0 Å². The minimum absolute atomic E-state index is 0.0142. The number of nitrogens with two attached hydrogens (primary N) is 1. The Balaban J connectivity index is 1.83. The summed E-state index contributed by atoms with van der Waals surface area (Å²) in [4.78, 5) is 11.7. The number of benzene rings is 2. The van der Waals surface area contributed by atoms with Gasteiger partial charge in [0.05, 0.1) is 6.61 Å². The fourth-order valence-electron chi connectivity index (χ4n) is 2.55. The highest BCUT2D eigenvalue weighted by atomic mass is 32.2. The predicted molar refractivity (Wildman–Crippen MR) is 103 cm³/mol. The average molecular weight is 386 g/mol. The third-order valence-electron chi connectivity index (χ3n) is 3.87. The number of hydrogen-bond donors (Lipinski definition) is 1. The molecule has 0 saturated carbocycles. The molecule has 27 heavy (non-hydrogen) atoms. The maximum absolute atomic E-state index is 13.4. The molecule has 0 atom stereocenters. The number of hydrogen-bond acceptors (Lipinski definition) is 6. The molecule has 0 aliphatic carbocycles. The monoisotopic (exact) mass is 386 g/mol. The van der Waals surface area contributed by atoms with Gasteiger partial charge in [-0.25, -0.2) is 9.07 Å². The maximum atomic E-state index is 13.4. The molecule has 0 aliphatic heterocycles. The number of nitrogens with zero attached hydrogens (tertiary/aromatic N) is 3. The van der Waals surface area contributed by atoms with Crippen LogP contribution in [0.4, 0.5) is 4.39 Å². The third-order valence-corrected chi connectivity index (χ3v) is 4.86. The van der Waals surface area contributed by atoms with Crippen LogP contribution in [-0.4, -0.2) is 27.3 Å². The summed E-state index contributed by atoms with van der Waals surface area (Å²) in [5.74, 6) is 7.29. The van der Waals surface area contributed by atoms with Gasteiger partial charge >= 0.3 is 0 Å². The highest BCUT2D eigenvalue weighted by molar-refractivity contribution is 7.98. The second-order valence-electron chi connectivity index (χ2n) is 5.79. The lowest BCUT2D eigenvalue weighted by Gasteiger charge is -2.11. The van der Waals surface area contributed by atoms with Crippen molar-refractivity contribution in [1.29, 1.82) is 0 Å². The number of carbonyl (C=O) groups excluding carboxylic acids is 1. The Morgan fingerprint density at radius 3 is 2.78 bits per heavy atom. The van der Waals surface area contributed by atoms with Crippen molar-refractivity contribution in [2.75, 3.05) is 12.4 Å². The van der Waals surface area contributed by atoms with Gasteiger partial charge in [-0.2, -0.15) is 0 Å². The van der Waals surface area contributed by atoms with Gasteiger partial charge in [0.25, 0.3) is 0 Å². The Kier molecular flexibility index (Phi) is 5.75. The largest absolute Gasteiger partial charge is 0.494 e. The van der Waals surface area contributed by atoms with Crippen LogP contribution in [0.1, 0.15) is 29.8 Å². The van der Waals surface area contributed by atoms with Gasteiger partial charge in [0.15, 0.2) is 11.6 Å². The fraction of sp³-hybridized carbons (Fsp3) is 0.211. The van der Waals surface area contributed by atoms with E-state index in [1.54, 1.807) is 24.3 Å². The van der Waals surface area contributed by atoms with Crippen molar-refractivity contribution in [2.45, 2.75) is 24.8 Å². The zero-order chi connectivity index (χ0) is 19.4. The number of rotatable bonds is 7. The van der Waals surface area contributed by atoms with Gasteiger partial charge < -0.3 is 10.6 Å². The number of nitrogen functional groups attached to an aromatic ring is 1. The second-order valence-corrected chi connectivity index (χ2v) is 6.73. The van der Waals surface area contributed by atoms with Gasteiger partial charge in [-0.05, 0) is 44.2 Å². The molecular weight excluding hydrogens is 367 g/mol. The Morgan fingerprint density at radius 1 is 1.26 bits per heavy atom. The van der Waals surface area contributed by atoms with Gasteiger partial charge in [-0.1, -0.05) is 23.9 Å². The Bertz CT molecular complexity index is 974. The standard InChI is InChI=1S/C19H19FN4O2S/c1-3-26-17-8-7-13(12(2)25)9-15(17)11-27-19-23-22-18(24(19)21)14-5-4-6-16(20)10-14/h4-10H,3,11,21H2,1-2H3. The lowest BCUT2D eigenvalue weighted by atomic mass is 10.1. The molecule has 0 unspecified atom stereocenters. The van der Waals surface area contributed by atoms with E-state index < -0.39 is 0 Å². The molecule has 6 nitrogen and oxygen atoms in total. The Labute approximate surface area is 160 Å². The Morgan fingerprint density at radius 2 is 2.07 bits per heavy atom. The maximum Gasteiger partial charge on any atom is 0.210 e. The highest BCUT2D eigenvalue weighted by Gasteiger charge is 2.15. The number of halogens is 1. The summed E-state index contributed by atoms with van der Waals surface area (Å²) in [5.41, 5.74) is 2.03. The van der Waals surface area contributed by atoms with Gasteiger partial charge in [0.1, 0.15) is 11.6 Å². The first kappa shape index (κ1) is 18.9. The molecule has 0 bridgehead atoms.